The predicted molar refractivity (Wildman–Crippen MR) is 87.1 cm³/mol. The lowest BCUT2D eigenvalue weighted by Crippen LogP contribution is -2.33. The fraction of sp³-hybridized carbons (Fsp3) is 0.562. The first kappa shape index (κ1) is 17.1. The first-order chi connectivity index (χ1) is 9.65. The van der Waals surface area contributed by atoms with Gasteiger partial charge in [-0.15, -0.1) is 11.8 Å². The summed E-state index contributed by atoms with van der Waals surface area (Å²) in [5.41, 5.74) is 1.28. The highest BCUT2D eigenvalue weighted by atomic mass is 32.2. The van der Waals surface area contributed by atoms with Gasteiger partial charge in [-0.25, -0.2) is 0 Å². The average Bonchev–Trinajstić information content (AvgIpc) is 2.44. The van der Waals surface area contributed by atoms with Gasteiger partial charge in [-0.3, -0.25) is 4.79 Å². The highest BCUT2D eigenvalue weighted by Crippen LogP contribution is 2.18. The molecule has 112 valence electrons. The zero-order valence-electron chi connectivity index (χ0n) is 12.7. The minimum absolute atomic E-state index is 0.118. The second-order valence-electron chi connectivity index (χ2n) is 4.97. The summed E-state index contributed by atoms with van der Waals surface area (Å²) in [6, 6.07) is 8.67. The third-order valence-corrected chi connectivity index (χ3v) is 4.01. The van der Waals surface area contributed by atoms with Crippen molar-refractivity contribution >= 4 is 17.7 Å². The third-order valence-electron chi connectivity index (χ3n) is 3.00. The number of hydrogen-bond acceptors (Lipinski definition) is 3. The van der Waals surface area contributed by atoms with Crippen LogP contribution in [0.4, 0.5) is 0 Å². The molecule has 0 saturated heterocycles. The Labute approximate surface area is 126 Å². The van der Waals surface area contributed by atoms with Gasteiger partial charge in [0, 0.05) is 17.5 Å². The summed E-state index contributed by atoms with van der Waals surface area (Å²) in [5, 5.41) is 6.32. The molecule has 0 aromatic heterocycles. The summed E-state index contributed by atoms with van der Waals surface area (Å²) in [6.45, 7) is 8.17. The quantitative estimate of drug-likeness (QED) is 0.687. The Morgan fingerprint density at radius 2 is 1.95 bits per heavy atom. The molecule has 1 rings (SSSR count). The maximum Gasteiger partial charge on any atom is 0.230 e. The number of thioether (sulfide) groups is 1. The van der Waals surface area contributed by atoms with Gasteiger partial charge in [0.25, 0.3) is 0 Å². The van der Waals surface area contributed by atoms with Crippen molar-refractivity contribution in [1.29, 1.82) is 0 Å². The van der Waals surface area contributed by atoms with Crippen LogP contribution in [0.15, 0.2) is 29.2 Å². The van der Waals surface area contributed by atoms with Crippen molar-refractivity contribution in [2.45, 2.75) is 51.1 Å². The fourth-order valence-corrected chi connectivity index (χ4v) is 2.65. The van der Waals surface area contributed by atoms with Crippen LogP contribution in [-0.4, -0.2) is 24.2 Å². The molecule has 20 heavy (non-hydrogen) atoms. The minimum Gasteiger partial charge on any atom is -0.353 e. The Bertz CT molecular complexity index is 392. The molecule has 0 radical (unpaired) electrons. The molecule has 1 unspecified atom stereocenters. The van der Waals surface area contributed by atoms with Crippen molar-refractivity contribution in [2.75, 3.05) is 12.3 Å². The van der Waals surface area contributed by atoms with E-state index < -0.39 is 0 Å². The van der Waals surface area contributed by atoms with Gasteiger partial charge in [-0.2, -0.15) is 0 Å². The largest absolute Gasteiger partial charge is 0.353 e. The fourth-order valence-electron chi connectivity index (χ4n) is 1.94. The summed E-state index contributed by atoms with van der Waals surface area (Å²) < 4.78 is 0. The third kappa shape index (κ3) is 6.96. The first-order valence-electron chi connectivity index (χ1n) is 7.37. The molecule has 0 aliphatic heterocycles. The maximum absolute atomic E-state index is 11.8. The van der Waals surface area contributed by atoms with Gasteiger partial charge in [0.2, 0.25) is 5.91 Å². The standard InChI is InChI=1S/C16H26N2OS/c1-4-6-13(3)18-16(19)12-20-15-9-7-14(8-10-15)11-17-5-2/h7-10,13,17H,4-6,11-12H2,1-3H3,(H,18,19). The zero-order chi connectivity index (χ0) is 14.8. The van der Waals surface area contributed by atoms with Crippen LogP contribution in [0, 0.1) is 0 Å². The summed E-state index contributed by atoms with van der Waals surface area (Å²) in [4.78, 5) is 12.9. The summed E-state index contributed by atoms with van der Waals surface area (Å²) in [6.07, 6.45) is 2.14. The molecule has 2 N–H and O–H groups in total. The Morgan fingerprint density at radius 1 is 1.25 bits per heavy atom. The molecule has 3 nitrogen and oxygen atoms in total. The van der Waals surface area contributed by atoms with E-state index in [1.165, 1.54) is 5.56 Å². The number of hydrogen-bond donors (Lipinski definition) is 2. The highest BCUT2D eigenvalue weighted by Gasteiger charge is 2.07. The van der Waals surface area contributed by atoms with Crippen LogP contribution in [0.3, 0.4) is 0 Å². The lowest BCUT2D eigenvalue weighted by molar-refractivity contribution is -0.119. The Balaban J connectivity index is 2.32. The molecular weight excluding hydrogens is 268 g/mol. The van der Waals surface area contributed by atoms with Gasteiger partial charge in [-0.05, 0) is 37.6 Å². The van der Waals surface area contributed by atoms with Crippen LogP contribution in [-0.2, 0) is 11.3 Å². The minimum atomic E-state index is 0.118. The monoisotopic (exact) mass is 294 g/mol. The van der Waals surface area contributed by atoms with E-state index in [0.717, 1.165) is 30.8 Å². The highest BCUT2D eigenvalue weighted by molar-refractivity contribution is 8.00. The Morgan fingerprint density at radius 3 is 2.55 bits per heavy atom. The molecule has 1 aromatic carbocycles. The first-order valence-corrected chi connectivity index (χ1v) is 8.36. The van der Waals surface area contributed by atoms with Gasteiger partial charge in [0.1, 0.15) is 0 Å². The lowest BCUT2D eigenvalue weighted by Gasteiger charge is -2.12. The summed E-state index contributed by atoms with van der Waals surface area (Å²) >= 11 is 1.59. The number of carbonyl (C=O) groups excluding carboxylic acids is 1. The number of nitrogens with one attached hydrogen (secondary N) is 2. The van der Waals surface area contributed by atoms with Gasteiger partial charge < -0.3 is 10.6 Å². The molecule has 4 heteroatoms. The molecule has 1 amide bonds. The van der Waals surface area contributed by atoms with E-state index in [1.807, 2.05) is 0 Å². The van der Waals surface area contributed by atoms with Crippen molar-refractivity contribution < 1.29 is 4.79 Å². The number of amides is 1. The van der Waals surface area contributed by atoms with Gasteiger partial charge in [0.05, 0.1) is 5.75 Å². The molecule has 0 aliphatic rings. The predicted octanol–water partition coefficient (Wildman–Crippen LogP) is 3.19. The van der Waals surface area contributed by atoms with Crippen LogP contribution < -0.4 is 10.6 Å². The van der Waals surface area contributed by atoms with Crippen molar-refractivity contribution in [2.24, 2.45) is 0 Å². The van der Waals surface area contributed by atoms with Crippen LogP contribution in [0.2, 0.25) is 0 Å². The molecule has 0 bridgehead atoms. The topological polar surface area (TPSA) is 41.1 Å². The van der Waals surface area contributed by atoms with E-state index in [-0.39, 0.29) is 11.9 Å². The molecule has 0 spiro atoms. The molecule has 0 saturated carbocycles. The van der Waals surface area contributed by atoms with Crippen LogP contribution in [0.1, 0.15) is 39.2 Å². The molecule has 0 fully saturated rings. The zero-order valence-corrected chi connectivity index (χ0v) is 13.6. The van der Waals surface area contributed by atoms with E-state index in [0.29, 0.717) is 5.75 Å². The van der Waals surface area contributed by atoms with Crippen LogP contribution in [0.5, 0.6) is 0 Å². The smallest absolute Gasteiger partial charge is 0.230 e. The molecule has 1 aromatic rings. The normalized spacial score (nSPS) is 12.2. The van der Waals surface area contributed by atoms with Crippen molar-refractivity contribution in [3.8, 4) is 0 Å². The van der Waals surface area contributed by atoms with Crippen molar-refractivity contribution in [3.63, 3.8) is 0 Å². The van der Waals surface area contributed by atoms with Crippen molar-refractivity contribution in [1.82, 2.24) is 10.6 Å². The number of carbonyl (C=O) groups is 1. The number of benzene rings is 1. The van der Waals surface area contributed by atoms with Gasteiger partial charge >= 0.3 is 0 Å². The lowest BCUT2D eigenvalue weighted by atomic mass is 10.2. The maximum atomic E-state index is 11.8. The van der Waals surface area contributed by atoms with E-state index in [1.54, 1.807) is 11.8 Å². The molecular formula is C16H26N2OS. The SMILES string of the molecule is CCCC(C)NC(=O)CSc1ccc(CNCC)cc1. The van der Waals surface area contributed by atoms with Gasteiger partial charge in [-0.1, -0.05) is 32.4 Å². The van der Waals surface area contributed by atoms with Crippen molar-refractivity contribution in [3.05, 3.63) is 29.8 Å². The van der Waals surface area contributed by atoms with E-state index in [4.69, 9.17) is 0 Å². The van der Waals surface area contributed by atoms with Crippen LogP contribution in [0.25, 0.3) is 0 Å². The molecule has 0 heterocycles. The van der Waals surface area contributed by atoms with E-state index in [2.05, 4.69) is 55.7 Å². The van der Waals surface area contributed by atoms with Gasteiger partial charge in [0.15, 0.2) is 0 Å². The summed E-state index contributed by atoms with van der Waals surface area (Å²) in [5.74, 6) is 0.605. The summed E-state index contributed by atoms with van der Waals surface area (Å²) in [7, 11) is 0. The molecule has 0 aliphatic carbocycles. The average molecular weight is 294 g/mol. The Kier molecular flexibility index (Phi) is 8.38. The van der Waals surface area contributed by atoms with E-state index >= 15 is 0 Å². The second kappa shape index (κ2) is 9.83. The van der Waals surface area contributed by atoms with Crippen LogP contribution >= 0.6 is 11.8 Å². The second-order valence-corrected chi connectivity index (χ2v) is 6.02. The Hall–Kier alpha value is -1.00. The molecule has 1 atom stereocenters. The number of rotatable bonds is 9. The van der Waals surface area contributed by atoms with E-state index in [9.17, 15) is 4.79 Å².